The Labute approximate surface area is 159 Å². The van der Waals surface area contributed by atoms with Crippen LogP contribution in [0.4, 0.5) is 23.0 Å². The fourth-order valence-electron chi connectivity index (χ4n) is 2.03. The zero-order valence-corrected chi connectivity index (χ0v) is 14.8. The molecule has 0 atom stereocenters. The van der Waals surface area contributed by atoms with E-state index >= 15 is 0 Å². The number of aromatic nitrogens is 3. The molecule has 9 nitrogen and oxygen atoms in total. The highest BCUT2D eigenvalue weighted by Gasteiger charge is 2.11. The minimum Gasteiger partial charge on any atom is -0.484 e. The molecule has 138 valence electrons. The highest BCUT2D eigenvalue weighted by atomic mass is 35.5. The Bertz CT molecular complexity index is 924. The lowest BCUT2D eigenvalue weighted by atomic mass is 10.3. The molecular weight excluding hydrogens is 370 g/mol. The number of carbonyl (C=O) groups is 1. The van der Waals surface area contributed by atoms with Crippen molar-refractivity contribution in [3.05, 3.63) is 60.1 Å². The molecule has 1 amide bonds. The van der Waals surface area contributed by atoms with E-state index in [9.17, 15) is 4.79 Å². The van der Waals surface area contributed by atoms with Gasteiger partial charge in [0.25, 0.3) is 5.91 Å². The van der Waals surface area contributed by atoms with Gasteiger partial charge in [-0.05, 0) is 24.3 Å². The Hall–Kier alpha value is -3.59. The van der Waals surface area contributed by atoms with Crippen molar-refractivity contribution >= 4 is 40.5 Å². The molecule has 0 aliphatic carbocycles. The second kappa shape index (κ2) is 8.68. The average Bonchev–Trinajstić information content (AvgIpc) is 2.69. The third-order valence-electron chi connectivity index (χ3n) is 3.33. The topological polar surface area (TPSA) is 127 Å². The Morgan fingerprint density at radius 3 is 2.63 bits per heavy atom. The third-order valence-corrected chi connectivity index (χ3v) is 3.63. The van der Waals surface area contributed by atoms with Gasteiger partial charge < -0.3 is 15.8 Å². The van der Waals surface area contributed by atoms with Crippen LogP contribution in [0, 0.1) is 0 Å². The predicted octanol–water partition coefficient (Wildman–Crippen LogP) is 2.37. The van der Waals surface area contributed by atoms with Crippen LogP contribution in [0.5, 0.6) is 5.75 Å². The first-order chi connectivity index (χ1) is 13.1. The number of benzene rings is 1. The first-order valence-electron chi connectivity index (χ1n) is 7.84. The van der Waals surface area contributed by atoms with E-state index < -0.39 is 5.91 Å². The van der Waals surface area contributed by atoms with Gasteiger partial charge in [-0.2, -0.15) is 0 Å². The van der Waals surface area contributed by atoms with Crippen LogP contribution in [0.1, 0.15) is 0 Å². The number of para-hydroxylation sites is 1. The highest BCUT2D eigenvalue weighted by molar-refractivity contribution is 6.32. The highest BCUT2D eigenvalue weighted by Crippen LogP contribution is 2.27. The van der Waals surface area contributed by atoms with E-state index in [1.54, 1.807) is 30.5 Å². The first-order valence-corrected chi connectivity index (χ1v) is 8.22. The van der Waals surface area contributed by atoms with Crippen molar-refractivity contribution in [1.29, 1.82) is 0 Å². The molecule has 5 N–H and O–H groups in total. The van der Waals surface area contributed by atoms with Crippen LogP contribution in [-0.4, -0.2) is 27.5 Å². The summed E-state index contributed by atoms with van der Waals surface area (Å²) in [5, 5.41) is 3.24. The van der Waals surface area contributed by atoms with E-state index in [4.69, 9.17) is 22.1 Å². The molecule has 1 aromatic carbocycles. The van der Waals surface area contributed by atoms with E-state index in [0.29, 0.717) is 17.3 Å². The number of nitrogens with zero attached hydrogens (tertiary/aromatic N) is 3. The Morgan fingerprint density at radius 1 is 1.07 bits per heavy atom. The summed E-state index contributed by atoms with van der Waals surface area (Å²) in [6.45, 7) is -0.168. The van der Waals surface area contributed by atoms with Gasteiger partial charge in [0.05, 0.1) is 5.69 Å². The van der Waals surface area contributed by atoms with Gasteiger partial charge in [0.15, 0.2) is 23.4 Å². The second-order valence-corrected chi connectivity index (χ2v) is 5.58. The maximum absolute atomic E-state index is 11.9. The molecule has 0 saturated heterocycles. The number of carbonyl (C=O) groups excluding carboxylic acids is 1. The van der Waals surface area contributed by atoms with Crippen molar-refractivity contribution in [3.8, 4) is 5.75 Å². The minimum atomic E-state index is -0.401. The number of hydrogen-bond donors (Lipinski definition) is 4. The van der Waals surface area contributed by atoms with E-state index in [0.717, 1.165) is 0 Å². The fraction of sp³-hybridized carbons (Fsp3) is 0.0588. The van der Waals surface area contributed by atoms with Gasteiger partial charge in [0.2, 0.25) is 0 Å². The lowest BCUT2D eigenvalue weighted by Gasteiger charge is -2.13. The number of ether oxygens (including phenoxy) is 1. The molecule has 27 heavy (non-hydrogen) atoms. The van der Waals surface area contributed by atoms with Gasteiger partial charge in [-0.3, -0.25) is 15.6 Å². The van der Waals surface area contributed by atoms with Crippen LogP contribution in [0.15, 0.2) is 55.0 Å². The molecule has 2 heterocycles. The number of nitrogens with two attached hydrogens (primary N) is 1. The maximum atomic E-state index is 11.9. The smallest absolute Gasteiger partial charge is 0.276 e. The molecule has 0 bridgehead atoms. The summed E-state index contributed by atoms with van der Waals surface area (Å²) < 4.78 is 5.35. The van der Waals surface area contributed by atoms with Crippen molar-refractivity contribution in [2.45, 2.75) is 0 Å². The van der Waals surface area contributed by atoms with Gasteiger partial charge in [-0.15, -0.1) is 0 Å². The van der Waals surface area contributed by atoms with Crippen molar-refractivity contribution in [3.63, 3.8) is 0 Å². The first kappa shape index (κ1) is 18.2. The van der Waals surface area contributed by atoms with Crippen molar-refractivity contribution in [1.82, 2.24) is 20.4 Å². The number of halogens is 1. The summed E-state index contributed by atoms with van der Waals surface area (Å²) in [5.74, 6) is 0.730. The summed E-state index contributed by atoms with van der Waals surface area (Å²) in [5.41, 5.74) is 11.9. The van der Waals surface area contributed by atoms with Gasteiger partial charge in [-0.25, -0.2) is 15.0 Å². The van der Waals surface area contributed by atoms with Gasteiger partial charge >= 0.3 is 0 Å². The van der Waals surface area contributed by atoms with Gasteiger partial charge in [0, 0.05) is 6.20 Å². The molecule has 2 aromatic heterocycles. The number of nitrogen functional groups attached to an aromatic ring is 1. The Balaban J connectivity index is 1.59. The summed E-state index contributed by atoms with van der Waals surface area (Å²) >= 11 is 6.01. The van der Waals surface area contributed by atoms with Crippen LogP contribution in [0.3, 0.4) is 0 Å². The van der Waals surface area contributed by atoms with Crippen LogP contribution in [-0.2, 0) is 4.79 Å². The largest absolute Gasteiger partial charge is 0.484 e. The zero-order valence-electron chi connectivity index (χ0n) is 14.0. The molecular formula is C17H16ClN7O2. The number of hydrogen-bond acceptors (Lipinski definition) is 8. The molecule has 0 aliphatic rings. The number of anilines is 4. The second-order valence-electron chi connectivity index (χ2n) is 5.23. The van der Waals surface area contributed by atoms with E-state index in [-0.39, 0.29) is 23.3 Å². The van der Waals surface area contributed by atoms with Crippen LogP contribution in [0.25, 0.3) is 0 Å². The van der Waals surface area contributed by atoms with Crippen LogP contribution in [0.2, 0.25) is 5.15 Å². The lowest BCUT2D eigenvalue weighted by molar-refractivity contribution is -0.122. The third kappa shape index (κ3) is 4.95. The number of hydrazine groups is 1. The van der Waals surface area contributed by atoms with E-state index in [1.807, 2.05) is 18.2 Å². The summed E-state index contributed by atoms with van der Waals surface area (Å²) in [6, 6.07) is 12.4. The molecule has 0 unspecified atom stereocenters. The molecule has 3 rings (SSSR count). The average molecular weight is 386 g/mol. The SMILES string of the molecule is Nc1c(NNC(=O)COc2ccccc2)ncnc1Nc1cccnc1Cl. The quantitative estimate of drug-likeness (QED) is 0.360. The zero-order chi connectivity index (χ0) is 19.1. The van der Waals surface area contributed by atoms with Crippen molar-refractivity contribution < 1.29 is 9.53 Å². The Morgan fingerprint density at radius 2 is 1.85 bits per heavy atom. The van der Waals surface area contributed by atoms with Crippen molar-refractivity contribution in [2.75, 3.05) is 23.1 Å². The normalized spacial score (nSPS) is 10.1. The molecule has 0 spiro atoms. The van der Waals surface area contributed by atoms with Gasteiger partial charge in [0.1, 0.15) is 17.8 Å². The lowest BCUT2D eigenvalue weighted by Crippen LogP contribution is -2.34. The number of nitrogens with one attached hydrogen (secondary N) is 3. The number of pyridine rings is 1. The molecule has 10 heteroatoms. The van der Waals surface area contributed by atoms with E-state index in [1.165, 1.54) is 6.33 Å². The summed E-state index contributed by atoms with van der Waals surface area (Å²) in [6.07, 6.45) is 2.86. The fourth-order valence-corrected chi connectivity index (χ4v) is 2.20. The monoisotopic (exact) mass is 385 g/mol. The molecule has 3 aromatic rings. The van der Waals surface area contributed by atoms with Crippen LogP contribution >= 0.6 is 11.6 Å². The van der Waals surface area contributed by atoms with E-state index in [2.05, 4.69) is 31.1 Å². The molecule has 0 saturated carbocycles. The number of amides is 1. The Kier molecular flexibility index (Phi) is 5.85. The predicted molar refractivity (Wildman–Crippen MR) is 103 cm³/mol. The summed E-state index contributed by atoms with van der Waals surface area (Å²) in [7, 11) is 0. The molecule has 0 radical (unpaired) electrons. The van der Waals surface area contributed by atoms with Gasteiger partial charge in [-0.1, -0.05) is 29.8 Å². The minimum absolute atomic E-state index is 0.168. The maximum Gasteiger partial charge on any atom is 0.276 e. The number of rotatable bonds is 7. The molecule has 0 fully saturated rings. The molecule has 0 aliphatic heterocycles. The summed E-state index contributed by atoms with van der Waals surface area (Å²) in [4.78, 5) is 23.9. The van der Waals surface area contributed by atoms with Crippen molar-refractivity contribution in [2.24, 2.45) is 0 Å². The van der Waals surface area contributed by atoms with Crippen LogP contribution < -0.4 is 26.6 Å². The standard InChI is InChI=1S/C17H16ClN7O2/c18-15-12(7-4-8-20-15)23-16-14(19)17(22-10-21-16)25-24-13(26)9-27-11-5-2-1-3-6-11/h1-8,10H,9,19H2,(H,24,26)(H2,21,22,23,25).